The number of carbonyl (C=O) groups excluding carboxylic acids is 9. The fraction of sp³-hybridized carbons (Fsp3) is 0.397. The third-order valence-electron chi connectivity index (χ3n) is 14.1. The minimum atomic E-state index is -1.33. The summed E-state index contributed by atoms with van der Waals surface area (Å²) < 4.78 is 22.0. The molecule has 0 aliphatic carbocycles. The Morgan fingerprint density at radius 1 is 0.448 bits per heavy atom. The van der Waals surface area contributed by atoms with Crippen molar-refractivity contribution in [2.45, 2.75) is 82.3 Å². The number of unbranched alkanes of at least 4 members (excludes halogenated alkanes) is 2. The lowest BCUT2D eigenvalue weighted by Gasteiger charge is -2.21. The zero-order valence-electron chi connectivity index (χ0n) is 54.5. The van der Waals surface area contributed by atoms with Gasteiger partial charge < -0.3 is 101 Å². The highest BCUT2D eigenvalue weighted by Gasteiger charge is 2.29. The molecule has 0 aliphatic rings. The van der Waals surface area contributed by atoms with E-state index in [0.717, 1.165) is 12.8 Å². The van der Waals surface area contributed by atoms with Crippen molar-refractivity contribution in [2.24, 2.45) is 53.6 Å². The number of carbonyl (C=O) groups is 9. The van der Waals surface area contributed by atoms with E-state index in [2.05, 4.69) is 91.6 Å². The number of guanidine groups is 3. The zero-order valence-corrected chi connectivity index (χ0v) is 54.5. The molecule has 0 saturated heterocycles. The third-order valence-corrected chi connectivity index (χ3v) is 14.1. The Labute approximate surface area is 555 Å². The van der Waals surface area contributed by atoms with Gasteiger partial charge in [0, 0.05) is 61.9 Å². The molecule has 33 nitrogen and oxygen atoms in total. The summed E-state index contributed by atoms with van der Waals surface area (Å²) in [5.41, 5.74) is 28.5. The molecular weight excluding hydrogens is 1240 g/mol. The van der Waals surface area contributed by atoms with Gasteiger partial charge in [-0.3, -0.25) is 58.1 Å². The monoisotopic (exact) mass is 1330 g/mol. The van der Waals surface area contributed by atoms with E-state index in [0.29, 0.717) is 26.1 Å². The highest BCUT2D eigenvalue weighted by atomic mass is 16.5. The Morgan fingerprint density at radius 3 is 1.16 bits per heavy atom. The molecule has 3 atom stereocenters. The summed E-state index contributed by atoms with van der Waals surface area (Å²) in [6, 6.07) is 13.2. The third kappa shape index (κ3) is 26.1. The van der Waals surface area contributed by atoms with E-state index in [4.69, 9.17) is 47.6 Å². The molecule has 9 amide bonds. The van der Waals surface area contributed by atoms with Gasteiger partial charge in [0.05, 0.1) is 57.2 Å². The SMILES string of the molecule is C=NC(N)=NCCC[C@@H](NC(=O)c1cc(NC(=O)[C@@H](CCCN=C(N)N)NC(=O)c2cc(NC(=O)CNC(=O)CCNC)ccc2OC)ccc1OC)C(=O)Nc1ccc(OC)c(C(=O)N[C@H](CCCN=C(N)N=C)C(=O)Nc2ccc(OC)c(C(=O)NCCCCCN)c2)c1. The van der Waals surface area contributed by atoms with Crippen molar-refractivity contribution in [1.29, 1.82) is 0 Å². The molecule has 0 saturated carbocycles. The Hall–Kier alpha value is -11.2. The van der Waals surface area contributed by atoms with Crippen LogP contribution in [0.15, 0.2) is 97.8 Å². The Bertz CT molecular complexity index is 3470. The first-order chi connectivity index (χ1) is 46.1. The van der Waals surface area contributed by atoms with Gasteiger partial charge in [0.1, 0.15) is 41.1 Å². The minimum absolute atomic E-state index is 0.00896. The molecule has 96 heavy (non-hydrogen) atoms. The lowest BCUT2D eigenvalue weighted by molar-refractivity contribution is -0.124. The first kappa shape index (κ1) is 77.2. The van der Waals surface area contributed by atoms with Crippen molar-refractivity contribution in [2.75, 3.05) is 103 Å². The summed E-state index contributed by atoms with van der Waals surface area (Å²) in [5, 5.41) is 27.3. The molecule has 0 fully saturated rings. The zero-order chi connectivity index (χ0) is 70.5. The summed E-state index contributed by atoms with van der Waals surface area (Å²) in [4.78, 5) is 143. The van der Waals surface area contributed by atoms with E-state index in [-0.39, 0.29) is 163 Å². The van der Waals surface area contributed by atoms with Crippen LogP contribution in [-0.2, 0) is 24.0 Å². The second-order valence-corrected chi connectivity index (χ2v) is 21.0. The van der Waals surface area contributed by atoms with E-state index in [1.54, 1.807) is 7.05 Å². The fourth-order valence-electron chi connectivity index (χ4n) is 9.09. The molecule has 20 N–H and O–H groups in total. The molecule has 0 aromatic heterocycles. The van der Waals surface area contributed by atoms with Crippen LogP contribution in [0.1, 0.15) is 106 Å². The van der Waals surface area contributed by atoms with Crippen molar-refractivity contribution < 1.29 is 62.1 Å². The maximum atomic E-state index is 14.5. The van der Waals surface area contributed by atoms with Gasteiger partial charge in [-0.15, -0.1) is 0 Å². The summed E-state index contributed by atoms with van der Waals surface area (Å²) in [6.45, 7) is 7.96. The summed E-state index contributed by atoms with van der Waals surface area (Å²) in [6.07, 6.45) is 3.05. The number of methoxy groups -OCH3 is 4. The Kier molecular flexibility index (Phi) is 33.3. The van der Waals surface area contributed by atoms with Gasteiger partial charge in [0.15, 0.2) is 5.96 Å². The van der Waals surface area contributed by atoms with Crippen LogP contribution in [-0.4, -0.2) is 184 Å². The molecule has 4 rings (SSSR count). The number of hydrogen-bond acceptors (Lipinski definition) is 18. The number of nitrogens with one attached hydrogen (secondary N) is 10. The number of anilines is 4. The Morgan fingerprint density at radius 2 is 0.812 bits per heavy atom. The molecule has 0 heterocycles. The van der Waals surface area contributed by atoms with Crippen molar-refractivity contribution in [3.05, 3.63) is 95.1 Å². The molecule has 518 valence electrons. The average molecular weight is 1330 g/mol. The molecule has 0 unspecified atom stereocenters. The van der Waals surface area contributed by atoms with Crippen LogP contribution in [0.25, 0.3) is 0 Å². The number of nitrogens with two attached hydrogens (primary N) is 5. The Balaban J connectivity index is 1.62. The van der Waals surface area contributed by atoms with E-state index < -0.39 is 65.4 Å². The van der Waals surface area contributed by atoms with Crippen LogP contribution in [0.5, 0.6) is 23.0 Å². The van der Waals surface area contributed by atoms with Crippen molar-refractivity contribution in [3.8, 4) is 23.0 Å². The van der Waals surface area contributed by atoms with Gasteiger partial charge in [0.2, 0.25) is 41.5 Å². The molecule has 33 heteroatoms. The highest BCUT2D eigenvalue weighted by Crippen LogP contribution is 2.28. The van der Waals surface area contributed by atoms with Gasteiger partial charge >= 0.3 is 0 Å². The number of hydrogen-bond donors (Lipinski definition) is 15. The van der Waals surface area contributed by atoms with E-state index in [1.165, 1.54) is 101 Å². The standard InChI is InChI=1S/C63H88N20O13/c1-69-31-25-52(84)76-36-53(85)77-37-17-21-49(94-5)42(32-37)55(87)81-45(14-11-28-73-61(65)66)58(90)79-39-19-23-50(95-6)43(34-39)57(89)83-47(16-13-30-75-63(68)71-3)60(92)80-40-20-24-51(96-7)44(35-40)56(88)82-46(15-12-29-74-62(67)70-2)59(91)78-38-18-22-48(93-4)41(33-38)54(86)72-27-10-8-9-26-64/h17-24,32-35,45-47,69H,2-3,8-16,25-31,36,64H2,1,4-7H3,(H2,67,74)(H2,68,75)(H,72,86)(H,76,84)(H,77,85)(H,78,91)(H,79,90)(H,80,92)(H,81,87)(H,82,88)(H,83,89)(H4,65,66,73)/t45-,46-,47-/m1/s1. The number of nitrogens with zero attached hydrogens (tertiary/aromatic N) is 5. The number of rotatable bonds is 40. The van der Waals surface area contributed by atoms with Gasteiger partial charge in [-0.2, -0.15) is 0 Å². The maximum absolute atomic E-state index is 14.5. The summed E-state index contributed by atoms with van der Waals surface area (Å²) in [5.74, 6) is -5.91. The number of ether oxygens (including phenoxy) is 4. The average Bonchev–Trinajstić information content (AvgIpc) is 1.08. The maximum Gasteiger partial charge on any atom is 0.255 e. The first-order valence-electron chi connectivity index (χ1n) is 30.5. The summed E-state index contributed by atoms with van der Waals surface area (Å²) in [7, 11) is 7.04. The van der Waals surface area contributed by atoms with E-state index in [1.807, 2.05) is 0 Å². The van der Waals surface area contributed by atoms with Crippen molar-refractivity contribution in [1.82, 2.24) is 31.9 Å². The molecule has 4 aromatic rings. The van der Waals surface area contributed by atoms with E-state index >= 15 is 0 Å². The van der Waals surface area contributed by atoms with Crippen LogP contribution in [0.4, 0.5) is 22.7 Å². The van der Waals surface area contributed by atoms with Gasteiger partial charge in [0.25, 0.3) is 23.6 Å². The normalized spacial score (nSPS) is 12.0. The van der Waals surface area contributed by atoms with Crippen LogP contribution in [0.2, 0.25) is 0 Å². The van der Waals surface area contributed by atoms with Gasteiger partial charge in [-0.25, -0.2) is 9.98 Å². The molecule has 0 radical (unpaired) electrons. The first-order valence-corrected chi connectivity index (χ1v) is 30.5. The van der Waals surface area contributed by atoms with Crippen molar-refractivity contribution in [3.63, 3.8) is 0 Å². The number of benzene rings is 4. The smallest absolute Gasteiger partial charge is 0.255 e. The molecule has 0 bridgehead atoms. The molecule has 0 spiro atoms. The minimum Gasteiger partial charge on any atom is -0.496 e. The van der Waals surface area contributed by atoms with Gasteiger partial charge in [-0.05, 0) is 151 Å². The van der Waals surface area contributed by atoms with Crippen LogP contribution in [0, 0.1) is 0 Å². The lowest BCUT2D eigenvalue weighted by Crippen LogP contribution is -2.44. The molecule has 4 aromatic carbocycles. The predicted octanol–water partition coefficient (Wildman–Crippen LogP) is 1.10. The van der Waals surface area contributed by atoms with Crippen molar-refractivity contribution >= 4 is 107 Å². The molecule has 0 aliphatic heterocycles. The summed E-state index contributed by atoms with van der Waals surface area (Å²) >= 11 is 0. The fourth-order valence-corrected chi connectivity index (χ4v) is 9.09. The number of amides is 9. The van der Waals surface area contributed by atoms with Crippen LogP contribution >= 0.6 is 0 Å². The van der Waals surface area contributed by atoms with Gasteiger partial charge in [-0.1, -0.05) is 6.42 Å². The quantitative estimate of drug-likeness (QED) is 0.0168. The highest BCUT2D eigenvalue weighted by molar-refractivity contribution is 6.08. The topological polar surface area (TPSA) is 503 Å². The predicted molar refractivity (Wildman–Crippen MR) is 368 cm³/mol. The largest absolute Gasteiger partial charge is 0.496 e. The second-order valence-electron chi connectivity index (χ2n) is 21.0. The van der Waals surface area contributed by atoms with Crippen LogP contribution in [0.3, 0.4) is 0 Å². The number of aliphatic imine (C=N–C) groups is 5. The second kappa shape index (κ2) is 41.4. The molecular formula is C63H88N20O13. The van der Waals surface area contributed by atoms with Crippen LogP contribution < -0.4 is 101 Å². The van der Waals surface area contributed by atoms with E-state index in [9.17, 15) is 43.2 Å². The lowest BCUT2D eigenvalue weighted by atomic mass is 10.1.